The maximum atomic E-state index is 12.9. The SMILES string of the molecule is CCCCCCCCC[C@H](CCCCCCC[C@H](C)O)OC(=O)c1ccc2ccccc2c1. The van der Waals surface area contributed by atoms with E-state index in [9.17, 15) is 9.90 Å². The van der Waals surface area contributed by atoms with Crippen molar-refractivity contribution in [3.8, 4) is 0 Å². The summed E-state index contributed by atoms with van der Waals surface area (Å²) in [7, 11) is 0. The van der Waals surface area contributed by atoms with Crippen LogP contribution in [0.3, 0.4) is 0 Å². The molecule has 0 radical (unpaired) electrons. The maximum Gasteiger partial charge on any atom is 0.338 e. The summed E-state index contributed by atoms with van der Waals surface area (Å²) >= 11 is 0. The molecule has 0 aliphatic rings. The smallest absolute Gasteiger partial charge is 0.338 e. The molecule has 2 aromatic carbocycles. The summed E-state index contributed by atoms with van der Waals surface area (Å²) in [4.78, 5) is 12.9. The minimum absolute atomic E-state index is 0.0112. The summed E-state index contributed by atoms with van der Waals surface area (Å²) in [5, 5.41) is 11.6. The van der Waals surface area contributed by atoms with Gasteiger partial charge in [0.2, 0.25) is 0 Å². The third kappa shape index (κ3) is 11.7. The number of unbranched alkanes of at least 4 members (excludes halogenated alkanes) is 10. The van der Waals surface area contributed by atoms with Gasteiger partial charge in [0, 0.05) is 0 Å². The van der Waals surface area contributed by atoms with E-state index in [1.54, 1.807) is 0 Å². The number of fused-ring (bicyclic) bond motifs is 1. The molecule has 184 valence electrons. The monoisotopic (exact) mass is 454 g/mol. The quantitative estimate of drug-likeness (QED) is 0.181. The van der Waals surface area contributed by atoms with Crippen LogP contribution in [0.25, 0.3) is 10.8 Å². The standard InChI is InChI=1S/C30H46O3/c1-3-4-5-6-7-10-13-20-29(21-14-11-8-9-12-17-25(2)31)33-30(32)28-23-22-26-18-15-16-19-27(26)24-28/h15-16,18-19,22-25,29,31H,3-14,17,20-21H2,1-2H3/t25-,29+/m0/s1. The van der Waals surface area contributed by atoms with Crippen LogP contribution in [0, 0.1) is 0 Å². The lowest BCUT2D eigenvalue weighted by molar-refractivity contribution is 0.0249. The van der Waals surface area contributed by atoms with Gasteiger partial charge in [-0.3, -0.25) is 0 Å². The van der Waals surface area contributed by atoms with Crippen LogP contribution in [0.5, 0.6) is 0 Å². The molecule has 0 heterocycles. The fourth-order valence-electron chi connectivity index (χ4n) is 4.47. The van der Waals surface area contributed by atoms with E-state index in [4.69, 9.17) is 4.74 Å². The van der Waals surface area contributed by atoms with E-state index >= 15 is 0 Å². The Morgan fingerprint density at radius 1 is 0.758 bits per heavy atom. The largest absolute Gasteiger partial charge is 0.459 e. The first kappa shape index (κ1) is 27.4. The zero-order valence-electron chi connectivity index (χ0n) is 21.1. The van der Waals surface area contributed by atoms with Crippen molar-refractivity contribution in [2.45, 2.75) is 122 Å². The van der Waals surface area contributed by atoms with Gasteiger partial charge in [0.25, 0.3) is 0 Å². The highest BCUT2D eigenvalue weighted by Crippen LogP contribution is 2.21. The van der Waals surface area contributed by atoms with Crippen molar-refractivity contribution in [3.05, 3.63) is 48.0 Å². The number of ether oxygens (including phenoxy) is 1. The van der Waals surface area contributed by atoms with E-state index in [1.165, 1.54) is 57.8 Å². The highest BCUT2D eigenvalue weighted by Gasteiger charge is 2.16. The second-order valence-corrected chi connectivity index (χ2v) is 9.69. The van der Waals surface area contributed by atoms with E-state index < -0.39 is 0 Å². The molecule has 0 aromatic heterocycles. The van der Waals surface area contributed by atoms with Gasteiger partial charge in [-0.1, -0.05) is 101 Å². The van der Waals surface area contributed by atoms with E-state index in [1.807, 2.05) is 43.3 Å². The number of carbonyl (C=O) groups excluding carboxylic acids is 1. The molecule has 0 aliphatic carbocycles. The van der Waals surface area contributed by atoms with Crippen LogP contribution in [0.4, 0.5) is 0 Å². The molecular weight excluding hydrogens is 408 g/mol. The van der Waals surface area contributed by atoms with Crippen LogP contribution in [0.15, 0.2) is 42.5 Å². The molecule has 2 atom stereocenters. The molecule has 0 saturated heterocycles. The van der Waals surface area contributed by atoms with Gasteiger partial charge in [-0.25, -0.2) is 4.79 Å². The van der Waals surface area contributed by atoms with Crippen molar-refractivity contribution in [2.75, 3.05) is 0 Å². The molecule has 0 bridgehead atoms. The molecule has 2 rings (SSSR count). The number of aliphatic hydroxyl groups is 1. The molecule has 0 spiro atoms. The van der Waals surface area contributed by atoms with Crippen LogP contribution in [0.2, 0.25) is 0 Å². The molecule has 3 heteroatoms. The van der Waals surface area contributed by atoms with Gasteiger partial charge < -0.3 is 9.84 Å². The zero-order valence-corrected chi connectivity index (χ0v) is 21.1. The van der Waals surface area contributed by atoms with Crippen molar-refractivity contribution in [2.24, 2.45) is 0 Å². The lowest BCUT2D eigenvalue weighted by atomic mass is 10.0. The third-order valence-corrected chi connectivity index (χ3v) is 6.54. The fraction of sp³-hybridized carbons (Fsp3) is 0.633. The number of esters is 1. The summed E-state index contributed by atoms with van der Waals surface area (Å²) in [6, 6.07) is 14.0. The first-order chi connectivity index (χ1) is 16.1. The number of hydrogen-bond donors (Lipinski definition) is 1. The molecule has 2 aromatic rings. The second kappa shape index (κ2) is 16.7. The van der Waals surface area contributed by atoms with Gasteiger partial charge in [0.05, 0.1) is 11.7 Å². The van der Waals surface area contributed by atoms with E-state index in [0.717, 1.165) is 49.3 Å². The minimum Gasteiger partial charge on any atom is -0.459 e. The molecule has 0 fully saturated rings. The normalized spacial score (nSPS) is 13.2. The lowest BCUT2D eigenvalue weighted by Gasteiger charge is -2.18. The summed E-state index contributed by atoms with van der Waals surface area (Å²) in [6.45, 7) is 4.11. The van der Waals surface area contributed by atoms with Gasteiger partial charge in [-0.2, -0.15) is 0 Å². The summed E-state index contributed by atoms with van der Waals surface area (Å²) in [5.74, 6) is -0.189. The van der Waals surface area contributed by atoms with Crippen molar-refractivity contribution in [3.63, 3.8) is 0 Å². The molecule has 0 unspecified atom stereocenters. The Balaban J connectivity index is 1.81. The number of hydrogen-bond acceptors (Lipinski definition) is 3. The van der Waals surface area contributed by atoms with Gasteiger partial charge >= 0.3 is 5.97 Å². The summed E-state index contributed by atoms with van der Waals surface area (Å²) in [6.07, 6.45) is 17.3. The van der Waals surface area contributed by atoms with Crippen LogP contribution in [0.1, 0.15) is 121 Å². The number of rotatable bonds is 18. The topological polar surface area (TPSA) is 46.5 Å². The Labute approximate surface area is 201 Å². The zero-order chi connectivity index (χ0) is 23.7. The Hall–Kier alpha value is -1.87. The number of aliphatic hydroxyl groups excluding tert-OH is 1. The van der Waals surface area contributed by atoms with Crippen LogP contribution < -0.4 is 0 Å². The van der Waals surface area contributed by atoms with Crippen molar-refractivity contribution in [1.29, 1.82) is 0 Å². The molecule has 0 saturated carbocycles. The first-order valence-electron chi connectivity index (χ1n) is 13.5. The number of carbonyl (C=O) groups is 1. The van der Waals surface area contributed by atoms with Gasteiger partial charge in [-0.15, -0.1) is 0 Å². The van der Waals surface area contributed by atoms with Crippen molar-refractivity contribution in [1.82, 2.24) is 0 Å². The highest BCUT2D eigenvalue weighted by molar-refractivity contribution is 5.95. The van der Waals surface area contributed by atoms with Gasteiger partial charge in [0.15, 0.2) is 0 Å². The van der Waals surface area contributed by atoms with E-state index in [-0.39, 0.29) is 18.2 Å². The van der Waals surface area contributed by atoms with Gasteiger partial charge in [-0.05, 0) is 61.9 Å². The predicted molar refractivity (Wildman–Crippen MR) is 140 cm³/mol. The Bertz CT molecular complexity index is 783. The minimum atomic E-state index is -0.189. The summed E-state index contributed by atoms with van der Waals surface area (Å²) in [5.41, 5.74) is 0.649. The number of benzene rings is 2. The molecule has 0 amide bonds. The van der Waals surface area contributed by atoms with Crippen LogP contribution >= 0.6 is 0 Å². The van der Waals surface area contributed by atoms with Gasteiger partial charge in [0.1, 0.15) is 6.10 Å². The molecule has 1 N–H and O–H groups in total. The van der Waals surface area contributed by atoms with E-state index in [2.05, 4.69) is 13.0 Å². The highest BCUT2D eigenvalue weighted by atomic mass is 16.5. The second-order valence-electron chi connectivity index (χ2n) is 9.69. The maximum absolute atomic E-state index is 12.9. The summed E-state index contributed by atoms with van der Waals surface area (Å²) < 4.78 is 6.02. The Morgan fingerprint density at radius 3 is 1.91 bits per heavy atom. The first-order valence-corrected chi connectivity index (χ1v) is 13.5. The average molecular weight is 455 g/mol. The molecular formula is C30H46O3. The van der Waals surface area contributed by atoms with Crippen LogP contribution in [-0.2, 0) is 4.74 Å². The van der Waals surface area contributed by atoms with Crippen molar-refractivity contribution < 1.29 is 14.6 Å². The van der Waals surface area contributed by atoms with Crippen molar-refractivity contribution >= 4 is 16.7 Å². The fourth-order valence-corrected chi connectivity index (χ4v) is 4.47. The molecule has 3 nitrogen and oxygen atoms in total. The Morgan fingerprint density at radius 2 is 1.30 bits per heavy atom. The third-order valence-electron chi connectivity index (χ3n) is 6.54. The Kier molecular flexibility index (Phi) is 13.9. The molecule has 0 aliphatic heterocycles. The average Bonchev–Trinajstić information content (AvgIpc) is 2.82. The van der Waals surface area contributed by atoms with Crippen LogP contribution in [-0.4, -0.2) is 23.3 Å². The molecule has 33 heavy (non-hydrogen) atoms. The van der Waals surface area contributed by atoms with E-state index in [0.29, 0.717) is 5.56 Å². The predicted octanol–water partition coefficient (Wildman–Crippen LogP) is 8.62. The lowest BCUT2D eigenvalue weighted by Crippen LogP contribution is -2.18.